The van der Waals surface area contributed by atoms with Gasteiger partial charge < -0.3 is 9.84 Å². The number of ether oxygens (including phenoxy) is 1. The number of hydrogen-bond donors (Lipinski definition) is 1. The van der Waals surface area contributed by atoms with E-state index in [2.05, 4.69) is 43.4 Å². The zero-order valence-corrected chi connectivity index (χ0v) is 30.6. The van der Waals surface area contributed by atoms with Crippen LogP contribution in [0.1, 0.15) is 213 Å². The van der Waals surface area contributed by atoms with Gasteiger partial charge in [0.15, 0.2) is 0 Å². The maximum Gasteiger partial charge on any atom is 0.306 e. The van der Waals surface area contributed by atoms with Crippen molar-refractivity contribution < 1.29 is 19.4 Å². The summed E-state index contributed by atoms with van der Waals surface area (Å²) in [6.07, 6.45) is 50.1. The first kappa shape index (κ1) is 44.2. The largest absolute Gasteiger partial charge is 0.481 e. The number of carboxylic acid groups (broad SMARTS) is 1. The Hall–Kier alpha value is -1.84. The summed E-state index contributed by atoms with van der Waals surface area (Å²) in [4.78, 5) is 22.7. The lowest BCUT2D eigenvalue weighted by atomic mass is 10.0. The van der Waals surface area contributed by atoms with Gasteiger partial charge in [-0.25, -0.2) is 0 Å². The van der Waals surface area contributed by atoms with E-state index in [1.807, 2.05) is 6.92 Å². The van der Waals surface area contributed by atoms with Crippen molar-refractivity contribution >= 4 is 11.9 Å². The molecule has 1 N–H and O–H groups in total. The first-order chi connectivity index (χ1) is 22.6. The molecule has 0 heterocycles. The van der Waals surface area contributed by atoms with E-state index in [9.17, 15) is 9.59 Å². The summed E-state index contributed by atoms with van der Waals surface area (Å²) in [5, 5.41) is 8.65. The fraction of sp³-hybridized carbons (Fsp3) is 0.810. The van der Waals surface area contributed by atoms with Crippen LogP contribution in [0.5, 0.6) is 0 Å². The zero-order valence-electron chi connectivity index (χ0n) is 30.6. The van der Waals surface area contributed by atoms with Crippen molar-refractivity contribution in [3.63, 3.8) is 0 Å². The summed E-state index contributed by atoms with van der Waals surface area (Å²) in [7, 11) is 0. The number of allylic oxidation sites excluding steroid dienone is 6. The van der Waals surface area contributed by atoms with E-state index in [1.54, 1.807) is 0 Å². The molecule has 1 atom stereocenters. The van der Waals surface area contributed by atoms with Crippen LogP contribution >= 0.6 is 0 Å². The monoisotopic (exact) mass is 645 g/mol. The molecular formula is C42H76O4. The van der Waals surface area contributed by atoms with Crippen molar-refractivity contribution in [2.45, 2.75) is 219 Å². The Morgan fingerprint density at radius 3 is 1.35 bits per heavy atom. The van der Waals surface area contributed by atoms with Gasteiger partial charge in [-0.2, -0.15) is 0 Å². The van der Waals surface area contributed by atoms with E-state index < -0.39 is 5.97 Å². The molecule has 0 amide bonds. The summed E-state index contributed by atoms with van der Waals surface area (Å²) in [5.41, 5.74) is 0. The van der Waals surface area contributed by atoms with Crippen LogP contribution in [-0.4, -0.2) is 23.1 Å². The van der Waals surface area contributed by atoms with Crippen molar-refractivity contribution in [2.24, 2.45) is 0 Å². The number of rotatable bonds is 36. The Morgan fingerprint density at radius 1 is 0.500 bits per heavy atom. The Kier molecular flexibility index (Phi) is 36.1. The minimum atomic E-state index is -0.670. The van der Waals surface area contributed by atoms with Crippen molar-refractivity contribution in [3.05, 3.63) is 36.5 Å². The predicted molar refractivity (Wildman–Crippen MR) is 199 cm³/mol. The number of unbranched alkanes of at least 4 members (excludes halogenated alkanes) is 23. The van der Waals surface area contributed by atoms with Crippen molar-refractivity contribution in [3.8, 4) is 0 Å². The average molecular weight is 645 g/mol. The molecule has 0 aliphatic carbocycles. The summed E-state index contributed by atoms with van der Waals surface area (Å²) < 4.78 is 5.64. The number of hydrogen-bond acceptors (Lipinski definition) is 3. The van der Waals surface area contributed by atoms with Gasteiger partial charge in [0.1, 0.15) is 0 Å². The van der Waals surface area contributed by atoms with Crippen LogP contribution in [0.4, 0.5) is 0 Å². The lowest BCUT2D eigenvalue weighted by molar-refractivity contribution is -0.148. The molecule has 0 saturated heterocycles. The Labute approximate surface area is 286 Å². The number of carbonyl (C=O) groups is 2. The smallest absolute Gasteiger partial charge is 0.306 e. The van der Waals surface area contributed by atoms with E-state index in [1.165, 1.54) is 141 Å². The molecule has 4 nitrogen and oxygen atoms in total. The second kappa shape index (κ2) is 37.6. The first-order valence-electron chi connectivity index (χ1n) is 19.9. The third kappa shape index (κ3) is 38.3. The third-order valence-corrected chi connectivity index (χ3v) is 8.82. The lowest BCUT2D eigenvalue weighted by Gasteiger charge is -2.13. The molecule has 0 aliphatic heterocycles. The average Bonchev–Trinajstić information content (AvgIpc) is 3.03. The van der Waals surface area contributed by atoms with E-state index >= 15 is 0 Å². The van der Waals surface area contributed by atoms with Crippen molar-refractivity contribution in [1.82, 2.24) is 0 Å². The Bertz CT molecular complexity index is 738. The molecule has 0 aromatic heterocycles. The Balaban J connectivity index is 3.37. The molecule has 0 aliphatic rings. The summed E-state index contributed by atoms with van der Waals surface area (Å²) in [5.74, 6) is -0.683. The molecule has 0 bridgehead atoms. The first-order valence-corrected chi connectivity index (χ1v) is 19.9. The van der Waals surface area contributed by atoms with E-state index in [0.29, 0.717) is 12.8 Å². The molecular weight excluding hydrogens is 568 g/mol. The SMILES string of the molecule is CCCCC/C=C\C/C=C\CCCC/C=C\CCCCCCCC(=O)OC(C)CCCCCCCCCCCCCCCC(=O)O. The van der Waals surface area contributed by atoms with Gasteiger partial charge in [0, 0.05) is 12.8 Å². The maximum atomic E-state index is 12.2. The second-order valence-corrected chi connectivity index (χ2v) is 13.6. The molecule has 0 aromatic carbocycles. The van der Waals surface area contributed by atoms with Gasteiger partial charge in [-0.1, -0.05) is 146 Å². The predicted octanol–water partition coefficient (Wildman–Crippen LogP) is 13.8. The fourth-order valence-electron chi connectivity index (χ4n) is 5.84. The Morgan fingerprint density at radius 2 is 0.870 bits per heavy atom. The van der Waals surface area contributed by atoms with Gasteiger partial charge in [0.25, 0.3) is 0 Å². The minimum absolute atomic E-state index is 0.0131. The van der Waals surface area contributed by atoms with Gasteiger partial charge >= 0.3 is 11.9 Å². The molecule has 0 spiro atoms. The van der Waals surface area contributed by atoms with Gasteiger partial charge in [0.05, 0.1) is 6.10 Å². The number of carboxylic acids is 1. The van der Waals surface area contributed by atoms with Gasteiger partial charge in [-0.15, -0.1) is 0 Å². The van der Waals surface area contributed by atoms with Crippen LogP contribution in [-0.2, 0) is 14.3 Å². The van der Waals surface area contributed by atoms with Crippen LogP contribution in [0, 0.1) is 0 Å². The summed E-state index contributed by atoms with van der Waals surface area (Å²) in [6.45, 7) is 4.30. The van der Waals surface area contributed by atoms with Gasteiger partial charge in [0.2, 0.25) is 0 Å². The number of aliphatic carboxylic acids is 1. The van der Waals surface area contributed by atoms with Gasteiger partial charge in [-0.3, -0.25) is 9.59 Å². The molecule has 1 unspecified atom stereocenters. The van der Waals surface area contributed by atoms with Crippen molar-refractivity contribution in [1.29, 1.82) is 0 Å². The van der Waals surface area contributed by atoms with Crippen molar-refractivity contribution in [2.75, 3.05) is 0 Å². The molecule has 0 fully saturated rings. The summed E-state index contributed by atoms with van der Waals surface area (Å²) in [6, 6.07) is 0. The third-order valence-electron chi connectivity index (χ3n) is 8.82. The highest BCUT2D eigenvalue weighted by molar-refractivity contribution is 5.69. The normalized spacial score (nSPS) is 12.6. The van der Waals surface area contributed by atoms with Crippen LogP contribution in [0.2, 0.25) is 0 Å². The van der Waals surface area contributed by atoms with E-state index in [0.717, 1.165) is 44.9 Å². The highest BCUT2D eigenvalue weighted by Gasteiger charge is 2.09. The van der Waals surface area contributed by atoms with Crippen LogP contribution < -0.4 is 0 Å². The van der Waals surface area contributed by atoms with Crippen LogP contribution in [0.3, 0.4) is 0 Å². The van der Waals surface area contributed by atoms with Gasteiger partial charge in [-0.05, 0) is 90.4 Å². The minimum Gasteiger partial charge on any atom is -0.481 e. The molecule has 4 heteroatoms. The standard InChI is InChI=1S/C42H76O4/c1-3-4-5-6-7-8-9-10-11-12-13-14-15-16-17-21-24-27-30-33-36-39-42(45)46-40(2)37-34-31-28-25-22-19-18-20-23-26-29-32-35-38-41(43)44/h7-8,10-11,16-17,40H,3-6,9,12-15,18-39H2,1-2H3,(H,43,44)/b8-7-,11-10-,17-16-. The summed E-state index contributed by atoms with van der Waals surface area (Å²) >= 11 is 0. The van der Waals surface area contributed by atoms with Crippen LogP contribution in [0.15, 0.2) is 36.5 Å². The second-order valence-electron chi connectivity index (χ2n) is 13.6. The molecule has 0 aromatic rings. The number of esters is 1. The molecule has 0 radical (unpaired) electrons. The van der Waals surface area contributed by atoms with Crippen LogP contribution in [0.25, 0.3) is 0 Å². The lowest BCUT2D eigenvalue weighted by Crippen LogP contribution is -2.14. The topological polar surface area (TPSA) is 63.6 Å². The van der Waals surface area contributed by atoms with E-state index in [-0.39, 0.29) is 12.1 Å². The quantitative estimate of drug-likeness (QED) is 0.0419. The molecule has 46 heavy (non-hydrogen) atoms. The molecule has 0 saturated carbocycles. The maximum absolute atomic E-state index is 12.2. The van der Waals surface area contributed by atoms with E-state index in [4.69, 9.17) is 9.84 Å². The zero-order chi connectivity index (χ0) is 33.6. The molecule has 0 rings (SSSR count). The highest BCUT2D eigenvalue weighted by Crippen LogP contribution is 2.15. The number of carbonyl (C=O) groups excluding carboxylic acids is 1. The molecule has 268 valence electrons. The fourth-order valence-corrected chi connectivity index (χ4v) is 5.84. The highest BCUT2D eigenvalue weighted by atomic mass is 16.5.